The van der Waals surface area contributed by atoms with E-state index in [0.717, 1.165) is 28.0 Å². The average molecular weight is 555 g/mol. The summed E-state index contributed by atoms with van der Waals surface area (Å²) in [5.41, 5.74) is 0.504. The molecule has 0 unspecified atom stereocenters. The predicted octanol–water partition coefficient (Wildman–Crippen LogP) is 2.38. The van der Waals surface area contributed by atoms with Crippen molar-refractivity contribution in [1.29, 1.82) is 0 Å². The Kier molecular flexibility index (Phi) is 4.31. The SMILES string of the molecule is O=c1nc(OCc2cc(I)c(F)cc2I)c2c3n1CCN3CCO2. The second kappa shape index (κ2) is 6.32. The van der Waals surface area contributed by atoms with Crippen molar-refractivity contribution >= 4 is 51.0 Å². The first-order valence-corrected chi connectivity index (χ1v) is 9.49. The molecule has 0 amide bonds. The minimum absolute atomic E-state index is 0.195. The van der Waals surface area contributed by atoms with Crippen molar-refractivity contribution in [2.45, 2.75) is 13.2 Å². The molecule has 2 aromatic rings. The highest BCUT2D eigenvalue weighted by Gasteiger charge is 2.32. The van der Waals surface area contributed by atoms with E-state index in [9.17, 15) is 9.18 Å². The highest BCUT2D eigenvalue weighted by atomic mass is 127. The molecule has 3 heterocycles. The monoisotopic (exact) mass is 555 g/mol. The molecule has 0 bridgehead atoms. The normalized spacial score (nSPS) is 15.2. The van der Waals surface area contributed by atoms with Crippen LogP contribution in [0, 0.1) is 13.0 Å². The Morgan fingerprint density at radius 1 is 1.25 bits per heavy atom. The van der Waals surface area contributed by atoms with Crippen molar-refractivity contribution < 1.29 is 13.9 Å². The lowest BCUT2D eigenvalue weighted by Crippen LogP contribution is -2.32. The van der Waals surface area contributed by atoms with E-state index in [1.807, 2.05) is 22.6 Å². The zero-order chi connectivity index (χ0) is 16.8. The lowest BCUT2D eigenvalue weighted by atomic mass is 10.2. The average Bonchev–Trinajstić information content (AvgIpc) is 2.99. The number of benzene rings is 1. The second-order valence-corrected chi connectivity index (χ2v) is 7.81. The number of anilines is 1. The van der Waals surface area contributed by atoms with Crippen molar-refractivity contribution in [3.8, 4) is 11.6 Å². The maximum absolute atomic E-state index is 13.6. The first kappa shape index (κ1) is 16.4. The van der Waals surface area contributed by atoms with Gasteiger partial charge in [-0.05, 0) is 57.3 Å². The van der Waals surface area contributed by atoms with Crippen molar-refractivity contribution in [1.82, 2.24) is 9.55 Å². The first-order chi connectivity index (χ1) is 11.5. The Balaban J connectivity index is 1.67. The van der Waals surface area contributed by atoms with Crippen LogP contribution in [0.25, 0.3) is 0 Å². The molecule has 0 saturated carbocycles. The van der Waals surface area contributed by atoms with Crippen LogP contribution < -0.4 is 20.1 Å². The summed E-state index contributed by atoms with van der Waals surface area (Å²) in [6.07, 6.45) is 0. The first-order valence-electron chi connectivity index (χ1n) is 7.33. The molecule has 0 radical (unpaired) electrons. The third-order valence-corrected chi connectivity index (χ3v) is 5.87. The fourth-order valence-electron chi connectivity index (χ4n) is 2.87. The molecule has 0 fully saturated rings. The lowest BCUT2D eigenvalue weighted by molar-refractivity contribution is 0.245. The molecular formula is C15H12FI2N3O3. The fraction of sp³-hybridized carbons (Fsp3) is 0.333. The summed E-state index contributed by atoms with van der Waals surface area (Å²) in [5.74, 6) is 1.21. The molecule has 24 heavy (non-hydrogen) atoms. The van der Waals surface area contributed by atoms with Crippen molar-refractivity contribution in [3.05, 3.63) is 41.1 Å². The summed E-state index contributed by atoms with van der Waals surface area (Å²) in [5, 5.41) is 0. The molecule has 0 saturated heterocycles. The second-order valence-electron chi connectivity index (χ2n) is 5.49. The highest BCUT2D eigenvalue weighted by Crippen LogP contribution is 2.39. The van der Waals surface area contributed by atoms with Gasteiger partial charge in [0.25, 0.3) is 5.88 Å². The Bertz CT molecular complexity index is 887. The minimum atomic E-state index is -0.333. The molecule has 0 aliphatic carbocycles. The lowest BCUT2D eigenvalue weighted by Gasteiger charge is -2.27. The van der Waals surface area contributed by atoms with Crippen LogP contribution in [0.1, 0.15) is 5.56 Å². The molecule has 6 nitrogen and oxygen atoms in total. The van der Waals surface area contributed by atoms with Gasteiger partial charge in [-0.25, -0.2) is 9.18 Å². The van der Waals surface area contributed by atoms with E-state index < -0.39 is 0 Å². The van der Waals surface area contributed by atoms with Crippen molar-refractivity contribution in [2.24, 2.45) is 0 Å². The van der Waals surface area contributed by atoms with Crippen LogP contribution in [-0.2, 0) is 13.2 Å². The van der Waals surface area contributed by atoms with Crippen LogP contribution in [0.4, 0.5) is 10.2 Å². The standard InChI is InChI=1S/C15H12FI2N3O3/c16-9-6-10(17)8(5-11(9)18)7-24-13-12-14-20(3-4-23-12)1-2-21(14)15(22)19-13/h5-6H,1-4,7H2. The molecule has 0 spiro atoms. The summed E-state index contributed by atoms with van der Waals surface area (Å²) in [6.45, 7) is 2.89. The molecular weight excluding hydrogens is 543 g/mol. The number of aromatic nitrogens is 2. The Morgan fingerprint density at radius 3 is 2.92 bits per heavy atom. The fourth-order valence-corrected chi connectivity index (χ4v) is 3.99. The zero-order valence-electron chi connectivity index (χ0n) is 12.4. The quantitative estimate of drug-likeness (QED) is 0.431. The molecule has 1 aromatic heterocycles. The van der Waals surface area contributed by atoms with Gasteiger partial charge in [0.2, 0.25) is 5.75 Å². The molecule has 126 valence electrons. The van der Waals surface area contributed by atoms with E-state index in [1.54, 1.807) is 10.6 Å². The van der Waals surface area contributed by atoms with Gasteiger partial charge in [-0.3, -0.25) is 4.57 Å². The van der Waals surface area contributed by atoms with E-state index in [-0.39, 0.29) is 24.0 Å². The van der Waals surface area contributed by atoms with Crippen LogP contribution in [0.5, 0.6) is 11.6 Å². The summed E-state index contributed by atoms with van der Waals surface area (Å²) >= 11 is 4.01. The van der Waals surface area contributed by atoms with E-state index in [2.05, 4.69) is 32.5 Å². The molecule has 1 aromatic carbocycles. The Morgan fingerprint density at radius 2 is 2.08 bits per heavy atom. The number of halogens is 3. The van der Waals surface area contributed by atoms with Crippen LogP contribution in [0.3, 0.4) is 0 Å². The number of hydrogen-bond acceptors (Lipinski definition) is 5. The third-order valence-electron chi connectivity index (χ3n) is 4.04. The smallest absolute Gasteiger partial charge is 0.352 e. The molecule has 0 N–H and O–H groups in total. The number of hydrogen-bond donors (Lipinski definition) is 0. The van der Waals surface area contributed by atoms with Gasteiger partial charge in [0.05, 0.1) is 6.54 Å². The van der Waals surface area contributed by atoms with E-state index in [4.69, 9.17) is 9.47 Å². The maximum Gasteiger partial charge on any atom is 0.352 e. The van der Waals surface area contributed by atoms with Gasteiger partial charge in [0, 0.05) is 25.8 Å². The molecule has 0 atom stereocenters. The van der Waals surface area contributed by atoms with Crippen LogP contribution in [-0.4, -0.2) is 29.2 Å². The van der Waals surface area contributed by atoms with Gasteiger partial charge in [-0.15, -0.1) is 0 Å². The maximum atomic E-state index is 13.6. The van der Waals surface area contributed by atoms with Gasteiger partial charge >= 0.3 is 5.69 Å². The largest absolute Gasteiger partial charge is 0.483 e. The van der Waals surface area contributed by atoms with E-state index in [0.29, 0.717) is 22.5 Å². The molecule has 4 rings (SSSR count). The highest BCUT2D eigenvalue weighted by molar-refractivity contribution is 14.1. The van der Waals surface area contributed by atoms with E-state index >= 15 is 0 Å². The Hall–Kier alpha value is -1.11. The van der Waals surface area contributed by atoms with Crippen LogP contribution >= 0.6 is 45.2 Å². The number of ether oxygens (including phenoxy) is 2. The van der Waals surface area contributed by atoms with Crippen molar-refractivity contribution in [2.75, 3.05) is 24.6 Å². The molecule has 9 heteroatoms. The van der Waals surface area contributed by atoms with Crippen molar-refractivity contribution in [3.63, 3.8) is 0 Å². The summed E-state index contributed by atoms with van der Waals surface area (Å²) in [7, 11) is 0. The molecule has 2 aliphatic rings. The summed E-state index contributed by atoms with van der Waals surface area (Å²) < 4.78 is 27.9. The molecule has 2 aliphatic heterocycles. The van der Waals surface area contributed by atoms with Gasteiger partial charge in [-0.2, -0.15) is 4.98 Å². The van der Waals surface area contributed by atoms with Gasteiger partial charge < -0.3 is 14.4 Å². The van der Waals surface area contributed by atoms with E-state index in [1.165, 1.54) is 6.07 Å². The third kappa shape index (κ3) is 2.74. The zero-order valence-corrected chi connectivity index (χ0v) is 16.7. The van der Waals surface area contributed by atoms with Gasteiger partial charge in [0.1, 0.15) is 19.0 Å². The number of nitrogens with zero attached hydrogens (tertiary/aromatic N) is 3. The van der Waals surface area contributed by atoms with Crippen LogP contribution in [0.15, 0.2) is 16.9 Å². The van der Waals surface area contributed by atoms with Crippen LogP contribution in [0.2, 0.25) is 0 Å². The summed E-state index contributed by atoms with van der Waals surface area (Å²) in [6, 6.07) is 3.20. The summed E-state index contributed by atoms with van der Waals surface area (Å²) in [4.78, 5) is 18.3. The minimum Gasteiger partial charge on any atom is -0.483 e. The van der Waals surface area contributed by atoms with Gasteiger partial charge in [0.15, 0.2) is 5.82 Å². The number of rotatable bonds is 3. The Labute approximate surface area is 164 Å². The predicted molar refractivity (Wildman–Crippen MR) is 102 cm³/mol. The van der Waals surface area contributed by atoms with Gasteiger partial charge in [-0.1, -0.05) is 0 Å². The topological polar surface area (TPSA) is 56.6 Å².